The Morgan fingerprint density at radius 1 is 1.50 bits per heavy atom. The van der Waals surface area contributed by atoms with Crippen LogP contribution in [0.15, 0.2) is 16.3 Å². The predicted molar refractivity (Wildman–Crippen MR) is 81.0 cm³/mol. The summed E-state index contributed by atoms with van der Waals surface area (Å²) in [7, 11) is -3.57. The first-order valence-corrected chi connectivity index (χ1v) is 9.76. The molecule has 20 heavy (non-hydrogen) atoms. The molecule has 0 aliphatic carbocycles. The summed E-state index contributed by atoms with van der Waals surface area (Å²) in [5.41, 5.74) is 0. The van der Waals surface area contributed by atoms with Gasteiger partial charge >= 0.3 is 5.97 Å². The lowest BCUT2D eigenvalue weighted by Crippen LogP contribution is -2.46. The van der Waals surface area contributed by atoms with Crippen LogP contribution in [0.25, 0.3) is 0 Å². The number of carboxylic acid groups (broad SMARTS) is 1. The number of carboxylic acids is 1. The molecule has 1 atom stereocenters. The number of aliphatic carboxylic acids is 1. The summed E-state index contributed by atoms with van der Waals surface area (Å²) >= 11 is 2.87. The van der Waals surface area contributed by atoms with Crippen molar-refractivity contribution in [2.75, 3.05) is 18.1 Å². The van der Waals surface area contributed by atoms with Gasteiger partial charge in [-0.2, -0.15) is 16.1 Å². The van der Waals surface area contributed by atoms with Crippen LogP contribution >= 0.6 is 23.1 Å². The van der Waals surface area contributed by atoms with Crippen molar-refractivity contribution in [1.82, 2.24) is 4.31 Å². The van der Waals surface area contributed by atoms with Gasteiger partial charge < -0.3 is 5.11 Å². The summed E-state index contributed by atoms with van der Waals surface area (Å²) in [6.07, 6.45) is 0.660. The van der Waals surface area contributed by atoms with Gasteiger partial charge in [0, 0.05) is 29.0 Å². The van der Waals surface area contributed by atoms with Gasteiger partial charge in [-0.1, -0.05) is 6.92 Å². The summed E-state index contributed by atoms with van der Waals surface area (Å²) in [5, 5.41) is 8.93. The second kappa shape index (κ2) is 6.46. The predicted octanol–water partition coefficient (Wildman–Crippen LogP) is 1.89. The summed E-state index contributed by atoms with van der Waals surface area (Å²) in [6, 6.07) is 2.99. The number of carbonyl (C=O) groups is 1. The molecular weight excluding hydrogens is 318 g/mol. The zero-order chi connectivity index (χ0) is 14.8. The molecule has 5 nitrogen and oxygen atoms in total. The first kappa shape index (κ1) is 15.8. The third-order valence-corrected chi connectivity index (χ3v) is 7.87. The van der Waals surface area contributed by atoms with E-state index in [1.54, 1.807) is 17.8 Å². The van der Waals surface area contributed by atoms with E-state index in [1.807, 2.05) is 13.0 Å². The molecule has 112 valence electrons. The molecule has 1 fully saturated rings. The molecule has 0 amide bonds. The normalized spacial score (nSPS) is 20.9. The van der Waals surface area contributed by atoms with Crippen LogP contribution in [-0.4, -0.2) is 47.9 Å². The van der Waals surface area contributed by atoms with Crippen molar-refractivity contribution in [3.05, 3.63) is 17.0 Å². The molecule has 1 unspecified atom stereocenters. The fourth-order valence-electron chi connectivity index (χ4n) is 2.12. The van der Waals surface area contributed by atoms with Crippen LogP contribution in [0.2, 0.25) is 0 Å². The highest BCUT2D eigenvalue weighted by molar-refractivity contribution is 7.99. The van der Waals surface area contributed by atoms with Crippen molar-refractivity contribution >= 4 is 39.1 Å². The maximum Gasteiger partial charge on any atom is 0.305 e. The van der Waals surface area contributed by atoms with Crippen molar-refractivity contribution in [3.8, 4) is 0 Å². The third-order valence-electron chi connectivity index (χ3n) is 3.13. The summed E-state index contributed by atoms with van der Waals surface area (Å²) in [5.74, 6) is 0.289. The minimum Gasteiger partial charge on any atom is -0.481 e. The van der Waals surface area contributed by atoms with Crippen molar-refractivity contribution < 1.29 is 18.3 Å². The monoisotopic (exact) mass is 335 g/mol. The zero-order valence-electron chi connectivity index (χ0n) is 11.1. The standard InChI is InChI=1S/C12H17NO4S3/c1-2-10-3-4-12(19-10)20(16,17)13-5-6-18-8-9(13)7-11(14)15/h3-4,9H,2,5-8H2,1H3,(H,14,15). The van der Waals surface area contributed by atoms with Gasteiger partial charge in [-0.3, -0.25) is 4.79 Å². The molecule has 1 aromatic rings. The number of thioether (sulfide) groups is 1. The maximum absolute atomic E-state index is 12.6. The Morgan fingerprint density at radius 2 is 2.25 bits per heavy atom. The molecule has 2 rings (SSSR count). The summed E-state index contributed by atoms with van der Waals surface area (Å²) in [4.78, 5) is 11.9. The molecule has 0 aromatic carbocycles. The Morgan fingerprint density at radius 3 is 2.85 bits per heavy atom. The Labute approximate surface area is 127 Å². The molecule has 1 N–H and O–H groups in total. The molecule has 1 aliphatic heterocycles. The van der Waals surface area contributed by atoms with Gasteiger partial charge in [-0.05, 0) is 18.6 Å². The molecule has 0 spiro atoms. The van der Waals surface area contributed by atoms with E-state index in [4.69, 9.17) is 5.11 Å². The van der Waals surface area contributed by atoms with Crippen LogP contribution in [0, 0.1) is 0 Å². The molecule has 0 saturated carbocycles. The number of aryl methyl sites for hydroxylation is 1. The number of hydrogen-bond donors (Lipinski definition) is 1. The van der Waals surface area contributed by atoms with Crippen molar-refractivity contribution in [1.29, 1.82) is 0 Å². The van der Waals surface area contributed by atoms with E-state index in [0.717, 1.165) is 11.3 Å². The molecule has 1 aromatic heterocycles. The van der Waals surface area contributed by atoms with Gasteiger partial charge in [0.1, 0.15) is 4.21 Å². The summed E-state index contributed by atoms with van der Waals surface area (Å²) in [6.45, 7) is 2.36. The highest BCUT2D eigenvalue weighted by Crippen LogP contribution is 2.30. The second-order valence-corrected chi connectivity index (χ2v) is 8.95. The van der Waals surface area contributed by atoms with Gasteiger partial charge in [0.25, 0.3) is 10.0 Å². The highest BCUT2D eigenvalue weighted by Gasteiger charge is 2.35. The number of thiophene rings is 1. The minimum absolute atomic E-state index is 0.141. The highest BCUT2D eigenvalue weighted by atomic mass is 32.2. The quantitative estimate of drug-likeness (QED) is 0.889. The maximum atomic E-state index is 12.6. The number of hydrogen-bond acceptors (Lipinski definition) is 5. The van der Waals surface area contributed by atoms with Gasteiger partial charge in [0.15, 0.2) is 0 Å². The van der Waals surface area contributed by atoms with Crippen LogP contribution < -0.4 is 0 Å². The Balaban J connectivity index is 2.27. The number of sulfonamides is 1. The molecule has 0 radical (unpaired) electrons. The van der Waals surface area contributed by atoms with E-state index >= 15 is 0 Å². The van der Waals surface area contributed by atoms with Crippen LogP contribution in [0.3, 0.4) is 0 Å². The average molecular weight is 335 g/mol. The Hall–Kier alpha value is -0.570. The second-order valence-electron chi connectivity index (χ2n) is 4.52. The van der Waals surface area contributed by atoms with Crippen molar-refractivity contribution in [2.24, 2.45) is 0 Å². The lowest BCUT2D eigenvalue weighted by Gasteiger charge is -2.33. The van der Waals surface area contributed by atoms with E-state index in [2.05, 4.69) is 0 Å². The first-order valence-electron chi connectivity index (χ1n) is 6.35. The zero-order valence-corrected chi connectivity index (χ0v) is 13.6. The van der Waals surface area contributed by atoms with Gasteiger partial charge in [-0.25, -0.2) is 8.42 Å². The Kier molecular flexibility index (Phi) is 5.11. The number of nitrogens with zero attached hydrogens (tertiary/aromatic N) is 1. The van der Waals surface area contributed by atoms with Crippen LogP contribution in [0.1, 0.15) is 18.2 Å². The van der Waals surface area contributed by atoms with Gasteiger partial charge in [0.05, 0.1) is 6.42 Å². The van der Waals surface area contributed by atoms with E-state index in [-0.39, 0.29) is 6.42 Å². The molecule has 1 saturated heterocycles. The van der Waals surface area contributed by atoms with E-state index in [0.29, 0.717) is 22.3 Å². The lowest BCUT2D eigenvalue weighted by atomic mass is 10.2. The van der Waals surface area contributed by atoms with Gasteiger partial charge in [-0.15, -0.1) is 11.3 Å². The summed E-state index contributed by atoms with van der Waals surface area (Å²) < 4.78 is 27.0. The number of rotatable bonds is 5. The fourth-order valence-corrected chi connectivity index (χ4v) is 6.44. The molecule has 2 heterocycles. The molecule has 8 heteroatoms. The van der Waals surface area contributed by atoms with Crippen LogP contribution in [0.5, 0.6) is 0 Å². The Bertz CT molecular complexity index is 581. The van der Waals surface area contributed by atoms with Crippen molar-refractivity contribution in [3.63, 3.8) is 0 Å². The lowest BCUT2D eigenvalue weighted by molar-refractivity contribution is -0.137. The van der Waals surface area contributed by atoms with Crippen LogP contribution in [0.4, 0.5) is 0 Å². The first-order chi connectivity index (χ1) is 9.45. The largest absolute Gasteiger partial charge is 0.481 e. The van der Waals surface area contributed by atoms with Crippen LogP contribution in [-0.2, 0) is 21.2 Å². The average Bonchev–Trinajstić information content (AvgIpc) is 2.88. The fraction of sp³-hybridized carbons (Fsp3) is 0.583. The minimum atomic E-state index is -3.57. The van der Waals surface area contributed by atoms with E-state index in [1.165, 1.54) is 15.6 Å². The molecule has 0 bridgehead atoms. The SMILES string of the molecule is CCc1ccc(S(=O)(=O)N2CCSCC2CC(=O)O)s1. The van der Waals surface area contributed by atoms with Crippen molar-refractivity contribution in [2.45, 2.75) is 30.0 Å². The topological polar surface area (TPSA) is 74.7 Å². The van der Waals surface area contributed by atoms with E-state index in [9.17, 15) is 13.2 Å². The van der Waals surface area contributed by atoms with E-state index < -0.39 is 22.0 Å². The smallest absolute Gasteiger partial charge is 0.305 e. The molecular formula is C12H17NO4S3. The van der Waals surface area contributed by atoms with Gasteiger partial charge in [0.2, 0.25) is 0 Å². The molecule has 1 aliphatic rings. The third kappa shape index (κ3) is 3.36.